The Hall–Kier alpha value is -1.10. The van der Waals surface area contributed by atoms with Gasteiger partial charge in [0.2, 0.25) is 0 Å². The Kier molecular flexibility index (Phi) is 4.22. The third kappa shape index (κ3) is 3.22. The fourth-order valence-corrected chi connectivity index (χ4v) is 3.13. The Labute approximate surface area is 122 Å². The fraction of sp³-hybridized carbons (Fsp3) is 0. The molecule has 0 unspecified atom stereocenters. The molecule has 0 saturated carbocycles. The molecule has 18 heavy (non-hydrogen) atoms. The summed E-state index contributed by atoms with van der Waals surface area (Å²) in [5.74, 6) is -0.950. The van der Waals surface area contributed by atoms with E-state index in [1.54, 1.807) is 6.08 Å². The molecule has 0 radical (unpaired) electrons. The van der Waals surface area contributed by atoms with Crippen molar-refractivity contribution < 1.29 is 9.90 Å². The number of rotatable bonds is 3. The molecule has 1 N–H and O–H groups in total. The third-order valence-electron chi connectivity index (χ3n) is 2.21. The number of halogens is 2. The highest BCUT2D eigenvalue weighted by molar-refractivity contribution is 9.10. The van der Waals surface area contributed by atoms with Crippen LogP contribution in [0.1, 0.15) is 4.88 Å². The van der Waals surface area contributed by atoms with Crippen LogP contribution in [-0.2, 0) is 4.79 Å². The number of hydrogen-bond acceptors (Lipinski definition) is 2. The number of carbonyl (C=O) groups is 1. The van der Waals surface area contributed by atoms with Crippen LogP contribution in [0.3, 0.4) is 0 Å². The molecular weight excluding hydrogens is 336 g/mol. The fourth-order valence-electron chi connectivity index (χ4n) is 1.43. The van der Waals surface area contributed by atoms with Gasteiger partial charge in [-0.2, -0.15) is 0 Å². The van der Waals surface area contributed by atoms with E-state index < -0.39 is 5.97 Å². The lowest BCUT2D eigenvalue weighted by Gasteiger charge is -2.01. The minimum atomic E-state index is -0.950. The summed E-state index contributed by atoms with van der Waals surface area (Å²) in [6.07, 6.45) is 2.71. The number of aliphatic carboxylic acids is 1. The van der Waals surface area contributed by atoms with Crippen molar-refractivity contribution in [2.45, 2.75) is 0 Å². The zero-order valence-corrected chi connectivity index (χ0v) is 12.2. The minimum absolute atomic E-state index is 0.671. The van der Waals surface area contributed by atoms with Crippen LogP contribution in [0.25, 0.3) is 16.5 Å². The molecule has 0 aliphatic rings. The smallest absolute Gasteiger partial charge is 0.328 e. The summed E-state index contributed by atoms with van der Waals surface area (Å²) in [5, 5.41) is 9.24. The molecule has 0 fully saturated rings. The summed E-state index contributed by atoms with van der Waals surface area (Å²) in [7, 11) is 0. The van der Waals surface area contributed by atoms with Crippen LogP contribution in [0.5, 0.6) is 0 Å². The van der Waals surface area contributed by atoms with E-state index in [-0.39, 0.29) is 0 Å². The van der Waals surface area contributed by atoms with Crippen LogP contribution in [-0.4, -0.2) is 11.1 Å². The summed E-state index contributed by atoms with van der Waals surface area (Å²) in [6, 6.07) is 9.41. The number of benzene rings is 1. The first-order valence-corrected chi connectivity index (χ1v) is 7.01. The number of thiophene rings is 1. The highest BCUT2D eigenvalue weighted by Crippen LogP contribution is 2.35. The Morgan fingerprint density at radius 1 is 1.33 bits per heavy atom. The van der Waals surface area contributed by atoms with E-state index in [1.165, 1.54) is 11.3 Å². The summed E-state index contributed by atoms with van der Waals surface area (Å²) < 4.78 is 0.961. The van der Waals surface area contributed by atoms with Crippen molar-refractivity contribution in [1.82, 2.24) is 0 Å². The normalized spacial score (nSPS) is 11.0. The van der Waals surface area contributed by atoms with Gasteiger partial charge in [0, 0.05) is 30.9 Å². The van der Waals surface area contributed by atoms with Gasteiger partial charge in [0.05, 0.1) is 0 Å². The first kappa shape index (κ1) is 13.3. The lowest BCUT2D eigenvalue weighted by atomic mass is 10.2. The SMILES string of the molecule is O=C(O)/C=C/c1ccc(-c2cc(Cl)ccc2Br)s1. The largest absolute Gasteiger partial charge is 0.478 e. The van der Waals surface area contributed by atoms with E-state index in [4.69, 9.17) is 16.7 Å². The number of hydrogen-bond donors (Lipinski definition) is 1. The first-order chi connectivity index (χ1) is 8.56. The summed E-state index contributed by atoms with van der Waals surface area (Å²) in [5.41, 5.74) is 1.00. The molecule has 1 aromatic heterocycles. The molecule has 0 spiro atoms. The van der Waals surface area contributed by atoms with Crippen molar-refractivity contribution in [1.29, 1.82) is 0 Å². The molecule has 1 heterocycles. The van der Waals surface area contributed by atoms with Crippen LogP contribution in [0.15, 0.2) is 40.9 Å². The maximum absolute atomic E-state index is 10.4. The summed E-state index contributed by atoms with van der Waals surface area (Å²) in [4.78, 5) is 12.4. The molecule has 2 nitrogen and oxygen atoms in total. The van der Waals surface area contributed by atoms with Gasteiger partial charge in [-0.05, 0) is 36.4 Å². The Bertz CT molecular complexity index is 619. The van der Waals surface area contributed by atoms with Gasteiger partial charge in [-0.1, -0.05) is 27.5 Å². The average Bonchev–Trinajstić information content (AvgIpc) is 2.78. The molecule has 2 rings (SSSR count). The molecule has 0 atom stereocenters. The van der Waals surface area contributed by atoms with Gasteiger partial charge >= 0.3 is 5.97 Å². The Balaban J connectivity index is 2.35. The summed E-state index contributed by atoms with van der Waals surface area (Å²) in [6.45, 7) is 0. The minimum Gasteiger partial charge on any atom is -0.478 e. The van der Waals surface area contributed by atoms with Gasteiger partial charge in [0.15, 0.2) is 0 Å². The van der Waals surface area contributed by atoms with E-state index in [1.807, 2.05) is 30.3 Å². The quantitative estimate of drug-likeness (QED) is 0.802. The molecule has 5 heteroatoms. The van der Waals surface area contributed by atoms with Crippen LogP contribution >= 0.6 is 38.9 Å². The van der Waals surface area contributed by atoms with Gasteiger partial charge in [-0.25, -0.2) is 4.79 Å². The highest BCUT2D eigenvalue weighted by Gasteiger charge is 2.06. The highest BCUT2D eigenvalue weighted by atomic mass is 79.9. The molecule has 0 bridgehead atoms. The Morgan fingerprint density at radius 2 is 2.11 bits per heavy atom. The zero-order chi connectivity index (χ0) is 13.1. The van der Waals surface area contributed by atoms with Gasteiger partial charge in [-0.3, -0.25) is 0 Å². The Morgan fingerprint density at radius 3 is 2.83 bits per heavy atom. The maximum atomic E-state index is 10.4. The molecule has 2 aromatic rings. The predicted octanol–water partition coefficient (Wildman–Crippen LogP) is 4.93. The second kappa shape index (κ2) is 5.69. The van der Waals surface area contributed by atoms with E-state index in [9.17, 15) is 4.79 Å². The van der Waals surface area contributed by atoms with E-state index >= 15 is 0 Å². The maximum Gasteiger partial charge on any atom is 0.328 e. The van der Waals surface area contributed by atoms with Crippen LogP contribution in [0.2, 0.25) is 5.02 Å². The van der Waals surface area contributed by atoms with Gasteiger partial charge in [-0.15, -0.1) is 11.3 Å². The molecule has 1 aromatic carbocycles. The van der Waals surface area contributed by atoms with E-state index in [0.29, 0.717) is 5.02 Å². The van der Waals surface area contributed by atoms with Crippen molar-refractivity contribution in [2.24, 2.45) is 0 Å². The van der Waals surface area contributed by atoms with Gasteiger partial charge < -0.3 is 5.11 Å². The molecular formula is C13H8BrClO2S. The molecule has 0 aliphatic carbocycles. The topological polar surface area (TPSA) is 37.3 Å². The average molecular weight is 344 g/mol. The lowest BCUT2D eigenvalue weighted by molar-refractivity contribution is -0.131. The second-order valence-corrected chi connectivity index (χ2v) is 5.90. The standard InChI is InChI=1S/C13H8BrClO2S/c14-11-4-1-8(15)7-10(11)12-5-2-9(18-12)3-6-13(16)17/h1-7H,(H,16,17)/b6-3+. The van der Waals surface area contributed by atoms with Gasteiger partial charge in [0.25, 0.3) is 0 Å². The lowest BCUT2D eigenvalue weighted by Crippen LogP contribution is -1.84. The van der Waals surface area contributed by atoms with Crippen molar-refractivity contribution in [3.8, 4) is 10.4 Å². The van der Waals surface area contributed by atoms with Crippen molar-refractivity contribution in [3.05, 3.63) is 50.8 Å². The van der Waals surface area contributed by atoms with Crippen molar-refractivity contribution >= 4 is 50.9 Å². The monoisotopic (exact) mass is 342 g/mol. The number of carboxylic acid groups (broad SMARTS) is 1. The van der Waals surface area contributed by atoms with Gasteiger partial charge in [0.1, 0.15) is 0 Å². The van der Waals surface area contributed by atoms with E-state index in [2.05, 4.69) is 15.9 Å². The van der Waals surface area contributed by atoms with Crippen molar-refractivity contribution in [3.63, 3.8) is 0 Å². The predicted molar refractivity (Wildman–Crippen MR) is 79.1 cm³/mol. The summed E-state index contributed by atoms with van der Waals surface area (Å²) >= 11 is 11.0. The van der Waals surface area contributed by atoms with Crippen LogP contribution < -0.4 is 0 Å². The van der Waals surface area contributed by atoms with Crippen LogP contribution in [0, 0.1) is 0 Å². The van der Waals surface area contributed by atoms with E-state index in [0.717, 1.165) is 25.9 Å². The van der Waals surface area contributed by atoms with Crippen LogP contribution in [0.4, 0.5) is 0 Å². The molecule has 0 aliphatic heterocycles. The zero-order valence-electron chi connectivity index (χ0n) is 9.06. The molecule has 0 amide bonds. The first-order valence-electron chi connectivity index (χ1n) is 5.02. The molecule has 0 saturated heterocycles. The number of carboxylic acids is 1. The third-order valence-corrected chi connectivity index (χ3v) is 4.22. The second-order valence-electron chi connectivity index (χ2n) is 3.50. The van der Waals surface area contributed by atoms with Crippen molar-refractivity contribution in [2.75, 3.05) is 0 Å². The molecule has 92 valence electrons.